The van der Waals surface area contributed by atoms with Gasteiger partial charge in [-0.05, 0) is 74.2 Å². The van der Waals surface area contributed by atoms with E-state index in [0.29, 0.717) is 22.8 Å². The molecule has 0 aromatic heterocycles. The van der Waals surface area contributed by atoms with Crippen molar-refractivity contribution in [2.24, 2.45) is 0 Å². The van der Waals surface area contributed by atoms with Crippen LogP contribution in [-0.2, 0) is 26.2 Å². The van der Waals surface area contributed by atoms with Crippen molar-refractivity contribution in [2.75, 3.05) is 18.0 Å². The van der Waals surface area contributed by atoms with Crippen LogP contribution in [0.15, 0.2) is 77.7 Å². The Kier molecular flexibility index (Phi) is 11.2. The standard InChI is InChI=1S/C31H38ClN3O5S/c1-6-22(3)33-31(37)28(7-2)34(20-24-13-11-14-25(19-24)40-5)30(36)21-35(29-18-12-17-27(32)23(29)4)41(38,39)26-15-9-8-10-16-26/h8-19,22,28H,6-7,20-21H2,1-5H3,(H,33,37)/t22-,28-/m0/s1. The second-order valence-corrected chi connectivity index (χ2v) is 12.1. The van der Waals surface area contributed by atoms with Crippen LogP contribution in [0.1, 0.15) is 44.7 Å². The first-order chi connectivity index (χ1) is 19.5. The van der Waals surface area contributed by atoms with E-state index in [0.717, 1.165) is 16.3 Å². The molecule has 0 aliphatic heterocycles. The SMILES string of the molecule is CC[C@H](C)NC(=O)[C@H](CC)N(Cc1cccc(OC)c1)C(=O)CN(c1cccc(Cl)c1C)S(=O)(=O)c1ccccc1. The molecule has 0 aliphatic rings. The molecule has 0 radical (unpaired) electrons. The van der Waals surface area contributed by atoms with Crippen LogP contribution < -0.4 is 14.4 Å². The van der Waals surface area contributed by atoms with Gasteiger partial charge >= 0.3 is 0 Å². The van der Waals surface area contributed by atoms with Crippen LogP contribution in [0.3, 0.4) is 0 Å². The maximum absolute atomic E-state index is 14.2. The van der Waals surface area contributed by atoms with E-state index < -0.39 is 28.5 Å². The van der Waals surface area contributed by atoms with E-state index in [2.05, 4.69) is 5.32 Å². The van der Waals surface area contributed by atoms with Gasteiger partial charge in [0.2, 0.25) is 11.8 Å². The number of anilines is 1. The quantitative estimate of drug-likeness (QED) is 0.277. The van der Waals surface area contributed by atoms with Gasteiger partial charge in [-0.1, -0.05) is 61.8 Å². The number of benzene rings is 3. The lowest BCUT2D eigenvalue weighted by atomic mass is 10.1. The van der Waals surface area contributed by atoms with E-state index in [4.69, 9.17) is 16.3 Å². The summed E-state index contributed by atoms with van der Waals surface area (Å²) in [5, 5.41) is 3.35. The number of nitrogens with zero attached hydrogens (tertiary/aromatic N) is 2. The zero-order valence-electron chi connectivity index (χ0n) is 24.1. The summed E-state index contributed by atoms with van der Waals surface area (Å²) in [6.07, 6.45) is 1.06. The molecule has 0 bridgehead atoms. The fourth-order valence-corrected chi connectivity index (χ4v) is 6.09. The van der Waals surface area contributed by atoms with Crippen LogP contribution in [-0.4, -0.2) is 50.9 Å². The highest BCUT2D eigenvalue weighted by Gasteiger charge is 2.34. The number of carbonyl (C=O) groups excluding carboxylic acids is 2. The van der Waals surface area contributed by atoms with Crippen molar-refractivity contribution >= 4 is 39.1 Å². The summed E-state index contributed by atoms with van der Waals surface area (Å²) in [6, 6.07) is 19.2. The summed E-state index contributed by atoms with van der Waals surface area (Å²) in [6.45, 7) is 6.94. The Morgan fingerprint density at radius 3 is 2.29 bits per heavy atom. The number of halogens is 1. The Bertz CT molecular complexity index is 1450. The fraction of sp³-hybridized carbons (Fsp3) is 0.355. The van der Waals surface area contributed by atoms with E-state index in [1.807, 2.05) is 26.8 Å². The third-order valence-electron chi connectivity index (χ3n) is 6.99. The lowest BCUT2D eigenvalue weighted by Crippen LogP contribution is -2.53. The Morgan fingerprint density at radius 1 is 0.976 bits per heavy atom. The number of amides is 2. The second-order valence-electron chi connectivity index (χ2n) is 9.82. The second kappa shape index (κ2) is 14.4. The van der Waals surface area contributed by atoms with Crippen LogP contribution in [0, 0.1) is 6.92 Å². The minimum Gasteiger partial charge on any atom is -0.497 e. The highest BCUT2D eigenvalue weighted by atomic mass is 35.5. The van der Waals surface area contributed by atoms with Gasteiger partial charge in [0.15, 0.2) is 0 Å². The average Bonchev–Trinajstić information content (AvgIpc) is 2.97. The van der Waals surface area contributed by atoms with Gasteiger partial charge < -0.3 is 15.0 Å². The summed E-state index contributed by atoms with van der Waals surface area (Å²) in [4.78, 5) is 29.1. The molecule has 0 saturated carbocycles. The number of hydrogen-bond donors (Lipinski definition) is 1. The molecule has 3 aromatic carbocycles. The van der Waals surface area contributed by atoms with Gasteiger partial charge in [-0.15, -0.1) is 0 Å². The summed E-state index contributed by atoms with van der Waals surface area (Å²) in [7, 11) is -2.62. The summed E-state index contributed by atoms with van der Waals surface area (Å²) >= 11 is 6.38. The zero-order valence-corrected chi connectivity index (χ0v) is 25.7. The molecule has 41 heavy (non-hydrogen) atoms. The number of sulfonamides is 1. The molecule has 0 heterocycles. The van der Waals surface area contributed by atoms with Crippen LogP contribution in [0.5, 0.6) is 5.75 Å². The predicted octanol–water partition coefficient (Wildman–Crippen LogP) is 5.57. The van der Waals surface area contributed by atoms with Crippen molar-refractivity contribution in [1.29, 1.82) is 0 Å². The van der Waals surface area contributed by atoms with E-state index in [1.54, 1.807) is 68.6 Å². The molecule has 8 nitrogen and oxygen atoms in total. The smallest absolute Gasteiger partial charge is 0.264 e. The maximum Gasteiger partial charge on any atom is 0.264 e. The Labute approximate surface area is 248 Å². The van der Waals surface area contributed by atoms with E-state index in [-0.39, 0.29) is 29.1 Å². The molecule has 2 atom stereocenters. The minimum absolute atomic E-state index is 0.0353. The molecule has 0 spiro atoms. The van der Waals surface area contributed by atoms with Crippen LogP contribution >= 0.6 is 11.6 Å². The number of nitrogens with one attached hydrogen (secondary N) is 1. The maximum atomic E-state index is 14.2. The Balaban J connectivity index is 2.10. The number of ether oxygens (including phenoxy) is 1. The molecule has 220 valence electrons. The van der Waals surface area contributed by atoms with Crippen molar-refractivity contribution in [3.8, 4) is 5.75 Å². The third-order valence-corrected chi connectivity index (χ3v) is 9.18. The van der Waals surface area contributed by atoms with Crippen LogP contribution in [0.2, 0.25) is 5.02 Å². The number of methoxy groups -OCH3 is 1. The highest BCUT2D eigenvalue weighted by Crippen LogP contribution is 2.31. The van der Waals surface area contributed by atoms with Crippen molar-refractivity contribution in [3.63, 3.8) is 0 Å². The Hall–Kier alpha value is -3.56. The monoisotopic (exact) mass is 599 g/mol. The number of rotatable bonds is 13. The van der Waals surface area contributed by atoms with Gasteiger partial charge in [0, 0.05) is 17.6 Å². The highest BCUT2D eigenvalue weighted by molar-refractivity contribution is 7.92. The molecular weight excluding hydrogens is 562 g/mol. The lowest BCUT2D eigenvalue weighted by Gasteiger charge is -2.34. The van der Waals surface area contributed by atoms with Gasteiger partial charge in [0.1, 0.15) is 18.3 Å². The zero-order chi connectivity index (χ0) is 30.2. The van der Waals surface area contributed by atoms with Gasteiger partial charge in [0.05, 0.1) is 17.7 Å². The molecule has 3 rings (SSSR count). The van der Waals surface area contributed by atoms with Crippen molar-refractivity contribution in [1.82, 2.24) is 10.2 Å². The Morgan fingerprint density at radius 2 is 1.66 bits per heavy atom. The van der Waals surface area contributed by atoms with Crippen LogP contribution in [0.25, 0.3) is 0 Å². The number of hydrogen-bond acceptors (Lipinski definition) is 5. The van der Waals surface area contributed by atoms with E-state index in [9.17, 15) is 18.0 Å². The van der Waals surface area contributed by atoms with Gasteiger partial charge in [0.25, 0.3) is 10.0 Å². The molecule has 1 N–H and O–H groups in total. The van der Waals surface area contributed by atoms with Crippen molar-refractivity contribution in [3.05, 3.63) is 88.9 Å². The first-order valence-corrected chi connectivity index (χ1v) is 15.4. The van der Waals surface area contributed by atoms with Gasteiger partial charge in [-0.3, -0.25) is 13.9 Å². The molecule has 3 aromatic rings. The van der Waals surface area contributed by atoms with Crippen molar-refractivity contribution in [2.45, 2.75) is 64.1 Å². The van der Waals surface area contributed by atoms with Crippen LogP contribution in [0.4, 0.5) is 5.69 Å². The largest absolute Gasteiger partial charge is 0.497 e. The molecule has 0 aliphatic carbocycles. The number of carbonyl (C=O) groups is 2. The third kappa shape index (κ3) is 7.80. The predicted molar refractivity (Wildman–Crippen MR) is 163 cm³/mol. The topological polar surface area (TPSA) is 96.0 Å². The lowest BCUT2D eigenvalue weighted by molar-refractivity contribution is -0.140. The van der Waals surface area contributed by atoms with Gasteiger partial charge in [-0.2, -0.15) is 0 Å². The summed E-state index contributed by atoms with van der Waals surface area (Å²) in [5.74, 6) is -0.220. The summed E-state index contributed by atoms with van der Waals surface area (Å²) in [5.41, 5.74) is 1.54. The molecular formula is C31H38ClN3O5S. The van der Waals surface area contributed by atoms with E-state index in [1.165, 1.54) is 17.0 Å². The summed E-state index contributed by atoms with van der Waals surface area (Å²) < 4.78 is 34.4. The van der Waals surface area contributed by atoms with E-state index >= 15 is 0 Å². The molecule has 0 unspecified atom stereocenters. The normalized spacial score (nSPS) is 12.7. The average molecular weight is 600 g/mol. The molecule has 0 saturated heterocycles. The molecule has 2 amide bonds. The first kappa shape index (κ1) is 32.0. The van der Waals surface area contributed by atoms with Gasteiger partial charge in [-0.25, -0.2) is 8.42 Å². The molecule has 0 fully saturated rings. The fourth-order valence-electron chi connectivity index (χ4n) is 4.43. The minimum atomic E-state index is -4.17. The van der Waals surface area contributed by atoms with Crippen molar-refractivity contribution < 1.29 is 22.7 Å². The first-order valence-electron chi connectivity index (χ1n) is 13.6. The molecule has 10 heteroatoms.